The molecule has 2 N–H and O–H groups in total. The highest BCUT2D eigenvalue weighted by molar-refractivity contribution is 5.84. The van der Waals surface area contributed by atoms with Gasteiger partial charge in [-0.15, -0.1) is 0 Å². The van der Waals surface area contributed by atoms with Crippen molar-refractivity contribution >= 4 is 16.6 Å². The quantitative estimate of drug-likeness (QED) is 0.673. The summed E-state index contributed by atoms with van der Waals surface area (Å²) >= 11 is 0. The Labute approximate surface area is 108 Å². The molecule has 0 saturated heterocycles. The number of fused-ring (bicyclic) bond motifs is 1. The molecule has 4 heteroatoms. The van der Waals surface area contributed by atoms with Crippen LogP contribution < -0.4 is 5.73 Å². The molecule has 94 valence electrons. The molecule has 19 heavy (non-hydrogen) atoms. The van der Waals surface area contributed by atoms with Gasteiger partial charge in [0.15, 0.2) is 0 Å². The van der Waals surface area contributed by atoms with Gasteiger partial charge in [0.25, 0.3) is 0 Å². The molecule has 1 aromatic heterocycles. The zero-order valence-electron chi connectivity index (χ0n) is 9.90. The summed E-state index contributed by atoms with van der Waals surface area (Å²) in [6.45, 7) is 0. The van der Waals surface area contributed by atoms with Crippen LogP contribution in [0.3, 0.4) is 0 Å². The Morgan fingerprint density at radius 3 is 2.63 bits per heavy atom. The zero-order chi connectivity index (χ0) is 13.4. The maximum Gasteiger partial charge on any atom is 0.146 e. The summed E-state index contributed by atoms with van der Waals surface area (Å²) in [7, 11) is 0. The number of rotatable bonds is 1. The summed E-state index contributed by atoms with van der Waals surface area (Å²) in [5, 5.41) is 0.872. The van der Waals surface area contributed by atoms with Gasteiger partial charge in [0.1, 0.15) is 11.6 Å². The number of hydrogen-bond donors (Lipinski definition) is 1. The van der Waals surface area contributed by atoms with Crippen LogP contribution in [0.2, 0.25) is 0 Å². The lowest BCUT2D eigenvalue weighted by Gasteiger charge is -2.07. The van der Waals surface area contributed by atoms with Crippen molar-refractivity contribution in [2.45, 2.75) is 0 Å². The van der Waals surface area contributed by atoms with E-state index in [9.17, 15) is 8.78 Å². The van der Waals surface area contributed by atoms with Crippen LogP contribution in [0.15, 0.2) is 48.7 Å². The first-order chi connectivity index (χ1) is 9.15. The highest BCUT2D eigenvalue weighted by atomic mass is 19.1. The summed E-state index contributed by atoms with van der Waals surface area (Å²) in [6.07, 6.45) is 1.69. The summed E-state index contributed by atoms with van der Waals surface area (Å²) in [4.78, 5) is 4.18. The van der Waals surface area contributed by atoms with Crippen LogP contribution >= 0.6 is 0 Å². The van der Waals surface area contributed by atoms with Gasteiger partial charge in [-0.1, -0.05) is 12.1 Å². The van der Waals surface area contributed by atoms with E-state index in [1.54, 1.807) is 30.5 Å². The van der Waals surface area contributed by atoms with Gasteiger partial charge in [0.05, 0.1) is 11.2 Å². The molecule has 0 fully saturated rings. The summed E-state index contributed by atoms with van der Waals surface area (Å²) < 4.78 is 27.3. The second kappa shape index (κ2) is 4.31. The van der Waals surface area contributed by atoms with E-state index in [4.69, 9.17) is 5.73 Å². The van der Waals surface area contributed by atoms with Gasteiger partial charge >= 0.3 is 0 Å². The van der Waals surface area contributed by atoms with Gasteiger partial charge in [-0.3, -0.25) is 4.98 Å². The molecule has 0 radical (unpaired) electrons. The Morgan fingerprint density at radius 1 is 0.947 bits per heavy atom. The van der Waals surface area contributed by atoms with Crippen molar-refractivity contribution in [2.75, 3.05) is 5.73 Å². The fourth-order valence-corrected chi connectivity index (χ4v) is 2.03. The second-order valence-electron chi connectivity index (χ2n) is 4.26. The summed E-state index contributed by atoms with van der Waals surface area (Å²) in [5.74, 6) is -1.16. The van der Waals surface area contributed by atoms with Gasteiger partial charge in [-0.25, -0.2) is 8.78 Å². The molecule has 0 aliphatic rings. The minimum Gasteiger partial charge on any atom is -0.396 e. The maximum atomic E-state index is 13.9. The number of hydrogen-bond acceptors (Lipinski definition) is 2. The molecule has 0 unspecified atom stereocenters. The molecule has 2 nitrogen and oxygen atoms in total. The second-order valence-corrected chi connectivity index (χ2v) is 4.26. The van der Waals surface area contributed by atoms with Crippen molar-refractivity contribution in [1.82, 2.24) is 4.98 Å². The molecule has 3 aromatic rings. The predicted molar refractivity (Wildman–Crippen MR) is 71.5 cm³/mol. The molecule has 0 spiro atoms. The Hall–Kier alpha value is -2.49. The molecule has 0 aliphatic heterocycles. The Kier molecular flexibility index (Phi) is 2.63. The van der Waals surface area contributed by atoms with Crippen LogP contribution in [0.25, 0.3) is 22.0 Å². The number of pyridine rings is 1. The average Bonchev–Trinajstić information content (AvgIpc) is 2.42. The predicted octanol–water partition coefficient (Wildman–Crippen LogP) is 3.76. The first-order valence-electron chi connectivity index (χ1n) is 5.75. The van der Waals surface area contributed by atoms with Crippen molar-refractivity contribution < 1.29 is 8.78 Å². The average molecular weight is 256 g/mol. The summed E-state index contributed by atoms with van der Waals surface area (Å²) in [5.41, 5.74) is 6.74. The van der Waals surface area contributed by atoms with E-state index in [2.05, 4.69) is 4.98 Å². The van der Waals surface area contributed by atoms with Crippen LogP contribution in [-0.2, 0) is 0 Å². The number of nitrogens with two attached hydrogens (primary N) is 1. The van der Waals surface area contributed by atoms with E-state index >= 15 is 0 Å². The van der Waals surface area contributed by atoms with Crippen molar-refractivity contribution in [2.24, 2.45) is 0 Å². The highest BCUT2D eigenvalue weighted by Crippen LogP contribution is 2.28. The third-order valence-corrected chi connectivity index (χ3v) is 3.00. The lowest BCUT2D eigenvalue weighted by atomic mass is 10.0. The minimum atomic E-state index is -0.623. The van der Waals surface area contributed by atoms with Gasteiger partial charge < -0.3 is 5.73 Å². The number of nitrogens with zero attached hydrogens (tertiary/aromatic N) is 1. The molecule has 0 amide bonds. The van der Waals surface area contributed by atoms with Gasteiger partial charge in [0, 0.05) is 23.2 Å². The normalized spacial score (nSPS) is 10.8. The fourth-order valence-electron chi connectivity index (χ4n) is 2.03. The van der Waals surface area contributed by atoms with Crippen LogP contribution in [-0.4, -0.2) is 4.98 Å². The van der Waals surface area contributed by atoms with E-state index in [1.165, 1.54) is 0 Å². The number of nitrogen functional groups attached to an aromatic ring is 1. The van der Waals surface area contributed by atoms with Crippen molar-refractivity contribution in [1.29, 1.82) is 0 Å². The number of benzene rings is 2. The van der Waals surface area contributed by atoms with E-state index in [-0.39, 0.29) is 11.3 Å². The van der Waals surface area contributed by atoms with E-state index < -0.39 is 11.6 Å². The fraction of sp³-hybridized carbons (Fsp3) is 0. The van der Waals surface area contributed by atoms with Crippen LogP contribution in [0.5, 0.6) is 0 Å². The lowest BCUT2D eigenvalue weighted by molar-refractivity contribution is 0.607. The SMILES string of the molecule is Nc1cc(F)c(-c2ccc3ncccc3c2)cc1F. The van der Waals surface area contributed by atoms with E-state index in [0.717, 1.165) is 23.0 Å². The van der Waals surface area contributed by atoms with Crippen molar-refractivity contribution in [3.63, 3.8) is 0 Å². The highest BCUT2D eigenvalue weighted by Gasteiger charge is 2.10. The summed E-state index contributed by atoms with van der Waals surface area (Å²) in [6, 6.07) is 11.0. The smallest absolute Gasteiger partial charge is 0.146 e. The molecule has 0 aliphatic carbocycles. The van der Waals surface area contributed by atoms with Crippen molar-refractivity contribution in [3.05, 3.63) is 60.3 Å². The standard InChI is InChI=1S/C15H10F2N2/c16-12-8-14(18)13(17)7-11(12)9-3-4-15-10(6-9)2-1-5-19-15/h1-8H,18H2. The van der Waals surface area contributed by atoms with Gasteiger partial charge in [-0.05, 0) is 29.8 Å². The first kappa shape index (κ1) is 11.6. The zero-order valence-corrected chi connectivity index (χ0v) is 9.90. The number of anilines is 1. The third-order valence-electron chi connectivity index (χ3n) is 3.00. The molecular weight excluding hydrogens is 246 g/mol. The largest absolute Gasteiger partial charge is 0.396 e. The van der Waals surface area contributed by atoms with E-state index in [1.807, 2.05) is 6.07 Å². The van der Waals surface area contributed by atoms with E-state index in [0.29, 0.717) is 5.56 Å². The Morgan fingerprint density at radius 2 is 1.79 bits per heavy atom. The molecule has 0 atom stereocenters. The maximum absolute atomic E-state index is 13.9. The molecule has 0 saturated carbocycles. The monoisotopic (exact) mass is 256 g/mol. The van der Waals surface area contributed by atoms with Crippen LogP contribution in [0.1, 0.15) is 0 Å². The van der Waals surface area contributed by atoms with Gasteiger partial charge in [-0.2, -0.15) is 0 Å². The molecule has 2 aromatic carbocycles. The number of halogens is 2. The molecule has 3 rings (SSSR count). The topological polar surface area (TPSA) is 38.9 Å². The minimum absolute atomic E-state index is 0.191. The molecule has 0 bridgehead atoms. The Bertz CT molecular complexity index is 769. The number of aromatic nitrogens is 1. The van der Waals surface area contributed by atoms with Crippen molar-refractivity contribution in [3.8, 4) is 11.1 Å². The molecule has 1 heterocycles. The van der Waals surface area contributed by atoms with Crippen LogP contribution in [0.4, 0.5) is 14.5 Å². The van der Waals surface area contributed by atoms with Crippen LogP contribution in [0, 0.1) is 11.6 Å². The Balaban J connectivity index is 2.21. The van der Waals surface area contributed by atoms with Gasteiger partial charge in [0.2, 0.25) is 0 Å². The first-order valence-corrected chi connectivity index (χ1v) is 5.75. The molecular formula is C15H10F2N2. The third kappa shape index (κ3) is 2.01. The lowest BCUT2D eigenvalue weighted by Crippen LogP contribution is -1.94.